The standard InChI is InChI=1S/C34H49NO9Si/c1-9-45(10-2,11-3)44-23-17-24-33(19-40-24,42-21(5)36)27-29(41-30(38)22-15-13-12-14-16-22)34(39)31(6,7)25(20(4)18-35)26(43-34)28(37)32(23,27)8/h12-16,23-24,26-27,29,39H,9-11,17-19,35H2,1-8H3/b25-20-/t23-,24+,26+,27?,29?,32+,33-,34+/m0/s1. The molecule has 10 nitrogen and oxygen atoms in total. The maximum absolute atomic E-state index is 15.3. The third-order valence-electron chi connectivity index (χ3n) is 11.6. The van der Waals surface area contributed by atoms with Crippen molar-refractivity contribution < 1.29 is 42.9 Å². The van der Waals surface area contributed by atoms with E-state index in [0.29, 0.717) is 17.6 Å². The van der Waals surface area contributed by atoms with E-state index in [1.165, 1.54) is 6.92 Å². The highest BCUT2D eigenvalue weighted by Gasteiger charge is 2.81. The van der Waals surface area contributed by atoms with Crippen LogP contribution in [0, 0.1) is 16.7 Å². The largest absolute Gasteiger partial charge is 0.453 e. The zero-order valence-corrected chi connectivity index (χ0v) is 28.8. The average molecular weight is 644 g/mol. The van der Waals surface area contributed by atoms with Gasteiger partial charge < -0.3 is 34.2 Å². The highest BCUT2D eigenvalue weighted by Crippen LogP contribution is 2.66. The molecule has 8 atom stereocenters. The molecule has 4 aliphatic rings. The van der Waals surface area contributed by atoms with Crippen molar-refractivity contribution in [2.24, 2.45) is 22.5 Å². The number of benzene rings is 1. The molecule has 1 aromatic rings. The van der Waals surface area contributed by atoms with Crippen molar-refractivity contribution >= 4 is 26.0 Å². The fourth-order valence-electron chi connectivity index (χ4n) is 8.65. The van der Waals surface area contributed by atoms with E-state index < -0.39 is 72.8 Å². The number of hydrogen-bond acceptors (Lipinski definition) is 10. The molecule has 3 heterocycles. The summed E-state index contributed by atoms with van der Waals surface area (Å²) >= 11 is 0. The predicted molar refractivity (Wildman–Crippen MR) is 169 cm³/mol. The summed E-state index contributed by atoms with van der Waals surface area (Å²) in [5, 5.41) is 12.9. The van der Waals surface area contributed by atoms with Gasteiger partial charge in [0.25, 0.3) is 0 Å². The van der Waals surface area contributed by atoms with E-state index in [1.807, 2.05) is 13.8 Å². The maximum atomic E-state index is 15.3. The number of esters is 2. The number of nitrogens with two attached hydrogens (primary N) is 1. The van der Waals surface area contributed by atoms with Gasteiger partial charge in [-0.3, -0.25) is 9.59 Å². The monoisotopic (exact) mass is 643 g/mol. The first kappa shape index (κ1) is 33.9. The number of carbonyl (C=O) groups excluding carboxylic acids is 3. The second kappa shape index (κ2) is 11.7. The molecule has 2 unspecified atom stereocenters. The van der Waals surface area contributed by atoms with Gasteiger partial charge in [0.1, 0.15) is 12.2 Å². The lowest BCUT2D eigenvalue weighted by atomic mass is 9.49. The van der Waals surface area contributed by atoms with Crippen LogP contribution in [0.1, 0.15) is 72.2 Å². The van der Waals surface area contributed by atoms with Crippen molar-refractivity contribution in [3.05, 3.63) is 47.0 Å². The van der Waals surface area contributed by atoms with Gasteiger partial charge in [-0.2, -0.15) is 0 Å². The molecule has 1 saturated carbocycles. The Labute approximate surface area is 267 Å². The molecule has 0 radical (unpaired) electrons. The first-order valence-electron chi connectivity index (χ1n) is 16.2. The number of Topliss-reactive ketones (excluding diaryl/α,β-unsaturated/α-hetero) is 1. The predicted octanol–water partition coefficient (Wildman–Crippen LogP) is 4.30. The molecule has 4 fully saturated rings. The van der Waals surface area contributed by atoms with Gasteiger partial charge in [-0.25, -0.2) is 4.79 Å². The molecule has 248 valence electrons. The van der Waals surface area contributed by atoms with Crippen LogP contribution in [0.3, 0.4) is 0 Å². The van der Waals surface area contributed by atoms with E-state index in [4.69, 9.17) is 29.1 Å². The number of fused-ring (bicyclic) bond motifs is 5. The van der Waals surface area contributed by atoms with Crippen molar-refractivity contribution in [3.8, 4) is 0 Å². The third-order valence-corrected chi connectivity index (χ3v) is 16.2. The summed E-state index contributed by atoms with van der Waals surface area (Å²) in [6.45, 7) is 15.0. The Kier molecular flexibility index (Phi) is 8.81. The van der Waals surface area contributed by atoms with Gasteiger partial charge in [-0.1, -0.05) is 58.4 Å². The molecule has 5 rings (SSSR count). The number of rotatable bonds is 9. The molecular weight excluding hydrogens is 594 g/mol. The van der Waals surface area contributed by atoms with Crippen molar-refractivity contribution in [3.63, 3.8) is 0 Å². The zero-order chi connectivity index (χ0) is 33.2. The average Bonchev–Trinajstić information content (AvgIpc) is 3.19. The topological polar surface area (TPSA) is 144 Å². The first-order valence-corrected chi connectivity index (χ1v) is 18.7. The molecule has 3 N–H and O–H groups in total. The van der Waals surface area contributed by atoms with Crippen molar-refractivity contribution in [2.75, 3.05) is 13.2 Å². The van der Waals surface area contributed by atoms with Crippen LogP contribution in [0.15, 0.2) is 41.5 Å². The number of ether oxygens (including phenoxy) is 4. The summed E-state index contributed by atoms with van der Waals surface area (Å²) in [5.74, 6) is -4.84. The lowest BCUT2D eigenvalue weighted by Crippen LogP contribution is -2.80. The van der Waals surface area contributed by atoms with Gasteiger partial charge in [-0.05, 0) is 49.7 Å². The molecule has 3 aliphatic heterocycles. The lowest BCUT2D eigenvalue weighted by Gasteiger charge is -2.65. The normalized spacial score (nSPS) is 37.9. The van der Waals surface area contributed by atoms with Crippen LogP contribution in [-0.4, -0.2) is 80.1 Å². The van der Waals surface area contributed by atoms with Crippen molar-refractivity contribution in [1.82, 2.24) is 0 Å². The fourth-order valence-corrected chi connectivity index (χ4v) is 11.6. The lowest BCUT2D eigenvalue weighted by molar-refractivity contribution is -0.355. The van der Waals surface area contributed by atoms with Crippen LogP contribution in [-0.2, 0) is 33.0 Å². The summed E-state index contributed by atoms with van der Waals surface area (Å²) in [4.78, 5) is 42.0. The minimum atomic E-state index is -2.34. The summed E-state index contributed by atoms with van der Waals surface area (Å²) in [5.41, 5.74) is 3.67. The number of ketones is 1. The molecule has 11 heteroatoms. The molecular formula is C34H49NO9Si. The minimum Gasteiger partial charge on any atom is -0.453 e. The second-order valence-corrected chi connectivity index (χ2v) is 18.7. The second-order valence-electron chi connectivity index (χ2n) is 14.0. The Morgan fingerprint density at radius 2 is 1.69 bits per heavy atom. The zero-order valence-electron chi connectivity index (χ0n) is 27.8. The Morgan fingerprint density at radius 1 is 1.07 bits per heavy atom. The van der Waals surface area contributed by atoms with Crippen molar-refractivity contribution in [1.29, 1.82) is 0 Å². The van der Waals surface area contributed by atoms with E-state index in [0.717, 1.165) is 18.1 Å². The molecule has 2 bridgehead atoms. The summed E-state index contributed by atoms with van der Waals surface area (Å²) in [6.07, 6.45) is -3.66. The van der Waals surface area contributed by atoms with E-state index in [9.17, 15) is 14.7 Å². The molecule has 1 aromatic carbocycles. The summed E-state index contributed by atoms with van der Waals surface area (Å²) < 4.78 is 32.3. The highest BCUT2D eigenvalue weighted by atomic mass is 28.4. The van der Waals surface area contributed by atoms with E-state index in [-0.39, 0.29) is 24.5 Å². The first-order chi connectivity index (χ1) is 21.1. The van der Waals surface area contributed by atoms with Gasteiger partial charge in [0.05, 0.1) is 29.6 Å². The summed E-state index contributed by atoms with van der Waals surface area (Å²) in [6, 6.07) is 11.0. The van der Waals surface area contributed by atoms with E-state index in [1.54, 1.807) is 44.2 Å². The van der Waals surface area contributed by atoms with Gasteiger partial charge in [0, 0.05) is 25.3 Å². The van der Waals surface area contributed by atoms with Crippen LogP contribution < -0.4 is 5.73 Å². The van der Waals surface area contributed by atoms with Crippen LogP contribution in [0.25, 0.3) is 0 Å². The highest BCUT2D eigenvalue weighted by molar-refractivity contribution is 6.73. The fraction of sp³-hybridized carbons (Fsp3) is 0.676. The Hall–Kier alpha value is -2.41. The minimum absolute atomic E-state index is 0.0273. The van der Waals surface area contributed by atoms with Crippen molar-refractivity contribution in [2.45, 2.75) is 116 Å². The molecule has 0 aromatic heterocycles. The molecule has 45 heavy (non-hydrogen) atoms. The number of carbonyl (C=O) groups is 3. The summed E-state index contributed by atoms with van der Waals surface area (Å²) in [7, 11) is -2.34. The van der Waals surface area contributed by atoms with Gasteiger partial charge in [-0.15, -0.1) is 0 Å². The smallest absolute Gasteiger partial charge is 0.338 e. The Bertz CT molecular complexity index is 1370. The number of aliphatic hydroxyl groups is 1. The van der Waals surface area contributed by atoms with Gasteiger partial charge >= 0.3 is 11.9 Å². The van der Waals surface area contributed by atoms with Crippen LogP contribution in [0.2, 0.25) is 18.1 Å². The van der Waals surface area contributed by atoms with Crippen LogP contribution >= 0.6 is 0 Å². The SMILES string of the molecule is CC[Si](CC)(CC)O[C@H]1C[C@H]2OC[C@@]2(OC(C)=O)C2C(OC(=O)c3ccccc3)[C@@]3(O)O[C@@H](C(=O)[C@@]21C)/C(=C(\C)CN)C3(C)C. The van der Waals surface area contributed by atoms with Gasteiger partial charge in [0.2, 0.25) is 5.79 Å². The van der Waals surface area contributed by atoms with E-state index in [2.05, 4.69) is 20.8 Å². The van der Waals surface area contributed by atoms with Crippen LogP contribution in [0.4, 0.5) is 0 Å². The third kappa shape index (κ3) is 4.79. The molecule has 3 saturated heterocycles. The van der Waals surface area contributed by atoms with E-state index >= 15 is 4.79 Å². The van der Waals surface area contributed by atoms with Crippen LogP contribution in [0.5, 0.6) is 0 Å². The number of hydrogen-bond donors (Lipinski definition) is 2. The molecule has 1 aliphatic carbocycles. The molecule has 0 spiro atoms. The molecule has 0 amide bonds. The Morgan fingerprint density at radius 3 is 2.20 bits per heavy atom. The van der Waals surface area contributed by atoms with Gasteiger partial charge in [0.15, 0.2) is 25.8 Å². The maximum Gasteiger partial charge on any atom is 0.338 e. The quantitative estimate of drug-likeness (QED) is 0.227. The Balaban J connectivity index is 1.80.